The molecule has 0 bridgehead atoms. The molecule has 0 radical (unpaired) electrons. The monoisotopic (exact) mass is 281 g/mol. The van der Waals surface area contributed by atoms with Gasteiger partial charge in [0.15, 0.2) is 0 Å². The van der Waals surface area contributed by atoms with Crippen LogP contribution in [0.3, 0.4) is 0 Å². The molecule has 0 saturated carbocycles. The van der Waals surface area contributed by atoms with E-state index in [0.717, 1.165) is 11.5 Å². The molecule has 1 aromatic carbocycles. The summed E-state index contributed by atoms with van der Waals surface area (Å²) in [6, 6.07) is 9.30. The molecule has 0 spiro atoms. The first-order valence-corrected chi connectivity index (χ1v) is 8.19. The highest BCUT2D eigenvalue weighted by Gasteiger charge is 2.10. The van der Waals surface area contributed by atoms with Crippen LogP contribution in [0.2, 0.25) is 0 Å². The van der Waals surface area contributed by atoms with Crippen molar-refractivity contribution < 1.29 is 5.11 Å². The number of benzene rings is 1. The lowest BCUT2D eigenvalue weighted by molar-refractivity contribution is 0.250. The fraction of sp³-hybridized carbons (Fsp3) is 0.625. The summed E-state index contributed by atoms with van der Waals surface area (Å²) in [5.41, 5.74) is 2.73. The van der Waals surface area contributed by atoms with Crippen molar-refractivity contribution in [3.63, 3.8) is 0 Å². The van der Waals surface area contributed by atoms with Gasteiger partial charge in [0.05, 0.1) is 0 Å². The third-order valence-corrected chi connectivity index (χ3v) is 4.73. The van der Waals surface area contributed by atoms with Gasteiger partial charge in [-0.3, -0.25) is 0 Å². The molecule has 1 rings (SSSR count). The van der Waals surface area contributed by atoms with E-state index < -0.39 is 0 Å². The average Bonchev–Trinajstić information content (AvgIpc) is 2.43. The van der Waals surface area contributed by atoms with Gasteiger partial charge >= 0.3 is 0 Å². The minimum absolute atomic E-state index is 0.278. The maximum absolute atomic E-state index is 9.03. The zero-order valence-electron chi connectivity index (χ0n) is 12.5. The van der Waals surface area contributed by atoms with Gasteiger partial charge in [0.25, 0.3) is 0 Å². The number of hydrogen-bond acceptors (Lipinski definition) is 3. The van der Waals surface area contributed by atoms with E-state index in [2.05, 4.69) is 50.4 Å². The Kier molecular flexibility index (Phi) is 7.51. The Morgan fingerprint density at radius 1 is 1.05 bits per heavy atom. The highest BCUT2D eigenvalue weighted by molar-refractivity contribution is 7.99. The number of hydrogen-bond donors (Lipinski definition) is 2. The summed E-state index contributed by atoms with van der Waals surface area (Å²) in [7, 11) is 2.01. The number of nitrogens with one attached hydrogen (secondary N) is 1. The van der Waals surface area contributed by atoms with Crippen LogP contribution in [0, 0.1) is 5.92 Å². The lowest BCUT2D eigenvalue weighted by Crippen LogP contribution is -2.19. The summed E-state index contributed by atoms with van der Waals surface area (Å²) in [4.78, 5) is 0. The van der Waals surface area contributed by atoms with Crippen molar-refractivity contribution in [3.05, 3.63) is 35.4 Å². The molecule has 0 aliphatic carbocycles. The minimum atomic E-state index is 0.278. The molecule has 2 unspecified atom stereocenters. The third-order valence-electron chi connectivity index (χ3n) is 3.35. The summed E-state index contributed by atoms with van der Waals surface area (Å²) >= 11 is 1.90. The van der Waals surface area contributed by atoms with Crippen LogP contribution in [0.15, 0.2) is 24.3 Å². The first-order chi connectivity index (χ1) is 9.08. The number of thioether (sulfide) groups is 1. The Labute approximate surface area is 122 Å². The van der Waals surface area contributed by atoms with Crippen molar-refractivity contribution in [2.45, 2.75) is 32.7 Å². The van der Waals surface area contributed by atoms with Gasteiger partial charge < -0.3 is 10.4 Å². The van der Waals surface area contributed by atoms with Crippen LogP contribution in [-0.2, 0) is 0 Å². The number of aliphatic hydroxyl groups excluding tert-OH is 1. The molecule has 0 saturated heterocycles. The largest absolute Gasteiger partial charge is 0.396 e. The number of aliphatic hydroxyl groups is 1. The molecule has 0 aliphatic heterocycles. The summed E-state index contributed by atoms with van der Waals surface area (Å²) in [6.07, 6.45) is 0. The molecule has 108 valence electrons. The fourth-order valence-corrected chi connectivity index (χ4v) is 3.14. The van der Waals surface area contributed by atoms with Gasteiger partial charge in [-0.25, -0.2) is 0 Å². The third kappa shape index (κ3) is 5.55. The van der Waals surface area contributed by atoms with E-state index in [4.69, 9.17) is 5.11 Å². The first kappa shape index (κ1) is 16.5. The van der Waals surface area contributed by atoms with Crippen LogP contribution in [0.25, 0.3) is 0 Å². The minimum Gasteiger partial charge on any atom is -0.396 e. The maximum atomic E-state index is 9.03. The Balaban J connectivity index is 2.54. The van der Waals surface area contributed by atoms with Gasteiger partial charge in [-0.1, -0.05) is 45.0 Å². The SMILES string of the molecule is CNC(CSCC(C)CO)c1ccc(C(C)C)cc1. The molecule has 0 aromatic heterocycles. The summed E-state index contributed by atoms with van der Waals surface area (Å²) in [6.45, 7) is 6.80. The molecule has 1 aromatic rings. The average molecular weight is 281 g/mol. The maximum Gasteiger partial charge on any atom is 0.0464 e. The Morgan fingerprint density at radius 3 is 2.11 bits per heavy atom. The van der Waals surface area contributed by atoms with Crippen LogP contribution in [0.5, 0.6) is 0 Å². The van der Waals surface area contributed by atoms with Crippen molar-refractivity contribution in [1.82, 2.24) is 5.32 Å². The molecule has 0 amide bonds. The van der Waals surface area contributed by atoms with Gasteiger partial charge in [0.1, 0.15) is 0 Å². The van der Waals surface area contributed by atoms with E-state index in [1.807, 2.05) is 18.8 Å². The first-order valence-electron chi connectivity index (χ1n) is 7.04. The predicted octanol–water partition coefficient (Wildman–Crippen LogP) is 3.43. The van der Waals surface area contributed by atoms with Crippen LogP contribution < -0.4 is 5.32 Å². The summed E-state index contributed by atoms with van der Waals surface area (Å²) in [5.74, 6) is 3.02. The zero-order chi connectivity index (χ0) is 14.3. The molecule has 19 heavy (non-hydrogen) atoms. The van der Waals surface area contributed by atoms with Crippen LogP contribution in [-0.4, -0.2) is 30.3 Å². The fourth-order valence-electron chi connectivity index (χ4n) is 1.90. The number of rotatable bonds is 8. The van der Waals surface area contributed by atoms with E-state index >= 15 is 0 Å². The smallest absolute Gasteiger partial charge is 0.0464 e. The lowest BCUT2D eigenvalue weighted by Gasteiger charge is -2.18. The molecule has 0 aliphatic rings. The quantitative estimate of drug-likeness (QED) is 0.765. The molecule has 0 heterocycles. The van der Waals surface area contributed by atoms with Crippen molar-refractivity contribution in [3.8, 4) is 0 Å². The molecule has 2 N–H and O–H groups in total. The normalized spacial score (nSPS) is 14.6. The van der Waals surface area contributed by atoms with E-state index in [1.165, 1.54) is 11.1 Å². The zero-order valence-corrected chi connectivity index (χ0v) is 13.3. The molecule has 2 atom stereocenters. The lowest BCUT2D eigenvalue weighted by atomic mass is 10.00. The molecular formula is C16H27NOS. The van der Waals surface area contributed by atoms with Crippen molar-refractivity contribution in [2.24, 2.45) is 5.92 Å². The summed E-state index contributed by atoms with van der Waals surface area (Å²) in [5, 5.41) is 12.4. The Morgan fingerprint density at radius 2 is 1.63 bits per heavy atom. The Hall–Kier alpha value is -0.510. The molecular weight excluding hydrogens is 254 g/mol. The Bertz CT molecular complexity index is 350. The van der Waals surface area contributed by atoms with Gasteiger partial charge in [-0.05, 0) is 35.8 Å². The topological polar surface area (TPSA) is 32.3 Å². The summed E-state index contributed by atoms with van der Waals surface area (Å²) < 4.78 is 0. The van der Waals surface area contributed by atoms with Gasteiger partial charge in [-0.15, -0.1) is 0 Å². The van der Waals surface area contributed by atoms with Gasteiger partial charge in [0, 0.05) is 18.4 Å². The van der Waals surface area contributed by atoms with Gasteiger partial charge in [0.2, 0.25) is 0 Å². The second-order valence-corrected chi connectivity index (χ2v) is 6.56. The molecule has 2 nitrogen and oxygen atoms in total. The predicted molar refractivity (Wildman–Crippen MR) is 85.9 cm³/mol. The van der Waals surface area contributed by atoms with Crippen LogP contribution in [0.1, 0.15) is 43.9 Å². The second-order valence-electron chi connectivity index (χ2n) is 5.49. The van der Waals surface area contributed by atoms with Crippen molar-refractivity contribution in [1.29, 1.82) is 0 Å². The standard InChI is InChI=1S/C16H27NOS/c1-12(2)14-5-7-15(8-6-14)16(17-4)11-19-10-13(3)9-18/h5-8,12-13,16-18H,9-11H2,1-4H3. The van der Waals surface area contributed by atoms with E-state index in [9.17, 15) is 0 Å². The highest BCUT2D eigenvalue weighted by Crippen LogP contribution is 2.22. The van der Waals surface area contributed by atoms with Crippen LogP contribution >= 0.6 is 11.8 Å². The second kappa shape index (κ2) is 8.62. The molecule has 3 heteroatoms. The van der Waals surface area contributed by atoms with E-state index in [1.54, 1.807) is 0 Å². The van der Waals surface area contributed by atoms with Crippen molar-refractivity contribution in [2.75, 3.05) is 25.2 Å². The van der Waals surface area contributed by atoms with E-state index in [-0.39, 0.29) is 6.61 Å². The molecule has 0 fully saturated rings. The van der Waals surface area contributed by atoms with E-state index in [0.29, 0.717) is 17.9 Å². The van der Waals surface area contributed by atoms with Gasteiger partial charge in [-0.2, -0.15) is 11.8 Å². The van der Waals surface area contributed by atoms with Crippen LogP contribution in [0.4, 0.5) is 0 Å². The van der Waals surface area contributed by atoms with Crippen molar-refractivity contribution >= 4 is 11.8 Å². The highest BCUT2D eigenvalue weighted by atomic mass is 32.2.